The maximum atomic E-state index is 12.9. The fourth-order valence-electron chi connectivity index (χ4n) is 3.65. The van der Waals surface area contributed by atoms with Crippen molar-refractivity contribution in [3.05, 3.63) is 48.0 Å². The molecule has 1 atom stereocenters. The van der Waals surface area contributed by atoms with Gasteiger partial charge in [0.25, 0.3) is 17.4 Å². The first-order valence-electron chi connectivity index (χ1n) is 9.73. The highest BCUT2D eigenvalue weighted by Gasteiger charge is 2.47. The summed E-state index contributed by atoms with van der Waals surface area (Å²) in [6, 6.07) is 13.2. The lowest BCUT2D eigenvalue weighted by molar-refractivity contribution is -0.143. The number of hydrogen-bond acceptors (Lipinski definition) is 4. The summed E-state index contributed by atoms with van der Waals surface area (Å²) < 4.78 is 5.81. The van der Waals surface area contributed by atoms with Crippen molar-refractivity contribution in [3.63, 3.8) is 0 Å². The van der Waals surface area contributed by atoms with Gasteiger partial charge in [-0.15, -0.1) is 0 Å². The predicted molar refractivity (Wildman–Crippen MR) is 110 cm³/mol. The Balaban J connectivity index is 1.48. The Labute approximate surface area is 164 Å². The van der Waals surface area contributed by atoms with Crippen LogP contribution in [0.4, 0.5) is 17.1 Å². The molecule has 0 spiro atoms. The number of rotatable bonds is 3. The van der Waals surface area contributed by atoms with E-state index in [9.17, 15) is 9.59 Å². The van der Waals surface area contributed by atoms with Crippen LogP contribution in [0.3, 0.4) is 0 Å². The van der Waals surface area contributed by atoms with Gasteiger partial charge in [0.2, 0.25) is 0 Å². The van der Waals surface area contributed by atoms with Crippen molar-refractivity contribution in [1.29, 1.82) is 0 Å². The quantitative estimate of drug-likeness (QED) is 0.798. The number of anilines is 3. The van der Waals surface area contributed by atoms with Gasteiger partial charge in [0.15, 0.2) is 0 Å². The average molecular weight is 379 g/mol. The Morgan fingerprint density at radius 1 is 1.11 bits per heavy atom. The number of piperidine rings is 1. The van der Waals surface area contributed by atoms with Gasteiger partial charge < -0.3 is 20.3 Å². The van der Waals surface area contributed by atoms with Crippen molar-refractivity contribution in [1.82, 2.24) is 0 Å². The summed E-state index contributed by atoms with van der Waals surface area (Å²) in [6.45, 7) is 5.55. The van der Waals surface area contributed by atoms with Crippen molar-refractivity contribution in [2.45, 2.75) is 38.7 Å². The van der Waals surface area contributed by atoms with Crippen LogP contribution in [0.1, 0.15) is 31.7 Å². The third-order valence-electron chi connectivity index (χ3n) is 5.41. The highest BCUT2D eigenvalue weighted by Crippen LogP contribution is 2.35. The number of fused-ring (bicyclic) bond motifs is 1. The molecular weight excluding hydrogens is 354 g/mol. The number of nitrogens with one attached hydrogen (secondary N) is 2. The van der Waals surface area contributed by atoms with Crippen LogP contribution in [0, 0.1) is 6.92 Å². The lowest BCUT2D eigenvalue weighted by Crippen LogP contribution is -2.56. The molecule has 4 rings (SSSR count). The van der Waals surface area contributed by atoms with E-state index in [1.54, 1.807) is 6.07 Å². The second kappa shape index (κ2) is 7.19. The average Bonchev–Trinajstić information content (AvgIpc) is 2.70. The minimum atomic E-state index is -1.63. The van der Waals surface area contributed by atoms with Crippen molar-refractivity contribution >= 4 is 28.9 Å². The molecule has 1 fully saturated rings. The van der Waals surface area contributed by atoms with Crippen molar-refractivity contribution in [2.24, 2.45) is 0 Å². The molecule has 2 N–H and O–H groups in total. The van der Waals surface area contributed by atoms with Crippen molar-refractivity contribution in [2.75, 3.05) is 28.6 Å². The van der Waals surface area contributed by atoms with Crippen molar-refractivity contribution in [3.8, 4) is 5.75 Å². The molecule has 1 saturated heterocycles. The van der Waals surface area contributed by atoms with E-state index >= 15 is 0 Å². The molecule has 2 amide bonds. The number of amides is 2. The van der Waals surface area contributed by atoms with Crippen LogP contribution >= 0.6 is 0 Å². The largest absolute Gasteiger partial charge is 0.466 e. The molecule has 6 nitrogen and oxygen atoms in total. The number of carbonyl (C=O) groups excluding carboxylic acids is 2. The Kier molecular flexibility index (Phi) is 4.71. The summed E-state index contributed by atoms with van der Waals surface area (Å²) in [6.07, 6.45) is 3.71. The third-order valence-corrected chi connectivity index (χ3v) is 5.41. The molecule has 2 aliphatic heterocycles. The van der Waals surface area contributed by atoms with E-state index in [1.807, 2.05) is 43.3 Å². The van der Waals surface area contributed by atoms with E-state index in [1.165, 1.54) is 26.2 Å². The first-order valence-corrected chi connectivity index (χ1v) is 9.73. The van der Waals surface area contributed by atoms with Crippen LogP contribution in [0.25, 0.3) is 0 Å². The topological polar surface area (TPSA) is 70.7 Å². The molecule has 0 saturated carbocycles. The van der Waals surface area contributed by atoms with Gasteiger partial charge in [-0.2, -0.15) is 0 Å². The molecule has 0 bridgehead atoms. The molecule has 2 aromatic rings. The minimum Gasteiger partial charge on any atom is -0.466 e. The van der Waals surface area contributed by atoms with Crippen LogP contribution in [0.15, 0.2) is 42.5 Å². The Morgan fingerprint density at radius 2 is 1.82 bits per heavy atom. The Bertz CT molecular complexity index is 904. The lowest BCUT2D eigenvalue weighted by Gasteiger charge is -2.33. The van der Waals surface area contributed by atoms with E-state index in [-0.39, 0.29) is 0 Å². The summed E-state index contributed by atoms with van der Waals surface area (Å²) in [4.78, 5) is 27.8. The molecule has 6 heteroatoms. The van der Waals surface area contributed by atoms with Crippen LogP contribution < -0.4 is 20.3 Å². The minimum absolute atomic E-state index is 0.479. The highest BCUT2D eigenvalue weighted by atomic mass is 16.5. The van der Waals surface area contributed by atoms with Crippen LogP contribution in [0.2, 0.25) is 0 Å². The number of nitrogens with zero attached hydrogens (tertiary/aromatic N) is 1. The summed E-state index contributed by atoms with van der Waals surface area (Å²) in [5.41, 5.74) is 1.75. The molecule has 2 aliphatic rings. The molecule has 1 unspecified atom stereocenters. The molecule has 2 aromatic carbocycles. The number of hydrogen-bond donors (Lipinski definition) is 2. The predicted octanol–water partition coefficient (Wildman–Crippen LogP) is 3.71. The maximum absolute atomic E-state index is 12.9. The van der Waals surface area contributed by atoms with E-state index in [4.69, 9.17) is 4.74 Å². The fourth-order valence-corrected chi connectivity index (χ4v) is 3.65. The van der Waals surface area contributed by atoms with Gasteiger partial charge in [-0.1, -0.05) is 6.07 Å². The second-order valence-corrected chi connectivity index (χ2v) is 7.64. The summed E-state index contributed by atoms with van der Waals surface area (Å²) >= 11 is 0. The standard InChI is InChI=1S/C22H25N3O3/c1-15-6-11-19-18(14-15)24-21(27)22(2,28-19)20(26)23-16-7-9-17(10-8-16)25-12-4-3-5-13-25/h6-11,14H,3-5,12-13H2,1-2H3,(H,23,26)(H,24,27). The van der Waals surface area contributed by atoms with E-state index in [0.29, 0.717) is 17.1 Å². The van der Waals surface area contributed by atoms with E-state index < -0.39 is 17.4 Å². The van der Waals surface area contributed by atoms with Gasteiger partial charge >= 0.3 is 0 Å². The summed E-state index contributed by atoms with van der Waals surface area (Å²) in [7, 11) is 0. The van der Waals surface area contributed by atoms with E-state index in [0.717, 1.165) is 24.3 Å². The SMILES string of the molecule is Cc1ccc2c(c1)NC(=O)C(C)(C(=O)Nc1ccc(N3CCCCC3)cc1)O2. The number of aryl methyl sites for hydroxylation is 1. The summed E-state index contributed by atoms with van der Waals surface area (Å²) in [5, 5.41) is 5.59. The van der Waals surface area contributed by atoms with Gasteiger partial charge in [-0.05, 0) is 75.1 Å². The van der Waals surface area contributed by atoms with Gasteiger partial charge in [0.1, 0.15) is 5.75 Å². The first-order chi connectivity index (χ1) is 13.5. The molecule has 0 aliphatic carbocycles. The van der Waals surface area contributed by atoms with Crippen LogP contribution in [0.5, 0.6) is 5.75 Å². The van der Waals surface area contributed by atoms with Crippen molar-refractivity contribution < 1.29 is 14.3 Å². The van der Waals surface area contributed by atoms with Gasteiger partial charge in [-0.25, -0.2) is 0 Å². The van der Waals surface area contributed by atoms with Gasteiger partial charge in [0, 0.05) is 24.5 Å². The first kappa shape index (κ1) is 18.3. The Hall–Kier alpha value is -3.02. The smallest absolute Gasteiger partial charge is 0.278 e. The van der Waals surface area contributed by atoms with Crippen LogP contribution in [-0.4, -0.2) is 30.5 Å². The van der Waals surface area contributed by atoms with Gasteiger partial charge in [-0.3, -0.25) is 9.59 Å². The zero-order chi connectivity index (χ0) is 19.7. The molecule has 0 aromatic heterocycles. The molecule has 28 heavy (non-hydrogen) atoms. The molecular formula is C22H25N3O3. The fraction of sp³-hybridized carbons (Fsp3) is 0.364. The Morgan fingerprint density at radius 3 is 2.54 bits per heavy atom. The monoisotopic (exact) mass is 379 g/mol. The number of carbonyl (C=O) groups is 2. The van der Waals surface area contributed by atoms with Crippen LogP contribution in [-0.2, 0) is 9.59 Å². The zero-order valence-electron chi connectivity index (χ0n) is 16.2. The molecule has 146 valence electrons. The maximum Gasteiger partial charge on any atom is 0.278 e. The number of benzene rings is 2. The highest BCUT2D eigenvalue weighted by molar-refractivity contribution is 6.19. The third kappa shape index (κ3) is 3.42. The molecule has 0 radical (unpaired) electrons. The van der Waals surface area contributed by atoms with Gasteiger partial charge in [0.05, 0.1) is 5.69 Å². The second-order valence-electron chi connectivity index (χ2n) is 7.64. The lowest BCUT2D eigenvalue weighted by atomic mass is 10.0. The number of ether oxygens (including phenoxy) is 1. The zero-order valence-corrected chi connectivity index (χ0v) is 16.2. The summed E-state index contributed by atoms with van der Waals surface area (Å²) in [5.74, 6) is -0.488. The normalized spacial score (nSPS) is 21.4. The van der Waals surface area contributed by atoms with E-state index in [2.05, 4.69) is 15.5 Å². The molecule has 2 heterocycles.